The Balaban J connectivity index is 2.01. The highest BCUT2D eigenvalue weighted by atomic mass is 35.5. The third-order valence-corrected chi connectivity index (χ3v) is 3.37. The second-order valence-corrected chi connectivity index (χ2v) is 5.24. The maximum Gasteiger partial charge on any atom is 0.305 e. The van der Waals surface area contributed by atoms with Crippen LogP contribution in [0.25, 0.3) is 0 Å². The van der Waals surface area contributed by atoms with E-state index < -0.39 is 5.97 Å². The van der Waals surface area contributed by atoms with Crippen molar-refractivity contribution >= 4 is 23.5 Å². The van der Waals surface area contributed by atoms with Gasteiger partial charge in [0.05, 0.1) is 6.42 Å². The van der Waals surface area contributed by atoms with Gasteiger partial charge in [0, 0.05) is 24.0 Å². The third-order valence-electron chi connectivity index (χ3n) is 3.12. The van der Waals surface area contributed by atoms with Gasteiger partial charge >= 0.3 is 5.97 Å². The summed E-state index contributed by atoms with van der Waals surface area (Å²) in [5.41, 5.74) is 0.962. The number of carbonyl (C=O) groups excluding carboxylic acids is 1. The fourth-order valence-corrected chi connectivity index (χ4v) is 2.02. The zero-order valence-corrected chi connectivity index (χ0v) is 11.3. The predicted octanol–water partition coefficient (Wildman–Crippen LogP) is 2.55. The van der Waals surface area contributed by atoms with Crippen molar-refractivity contribution in [2.45, 2.75) is 25.8 Å². The van der Waals surface area contributed by atoms with Crippen LogP contribution in [-0.4, -0.2) is 28.4 Å². The number of benzene rings is 1. The Hall–Kier alpha value is -1.55. The first-order valence-electron chi connectivity index (χ1n) is 6.31. The fraction of sp³-hybridized carbons (Fsp3) is 0.429. The van der Waals surface area contributed by atoms with Crippen molar-refractivity contribution < 1.29 is 14.7 Å². The molecule has 0 spiro atoms. The summed E-state index contributed by atoms with van der Waals surface area (Å²) in [5.74, 6) is -0.720. The summed E-state index contributed by atoms with van der Waals surface area (Å²) < 4.78 is 0. The smallest absolute Gasteiger partial charge is 0.305 e. The van der Waals surface area contributed by atoms with Crippen LogP contribution in [0.4, 0.5) is 0 Å². The zero-order chi connectivity index (χ0) is 13.8. The molecule has 19 heavy (non-hydrogen) atoms. The molecule has 1 aliphatic carbocycles. The molecule has 1 saturated carbocycles. The Labute approximate surface area is 117 Å². The van der Waals surface area contributed by atoms with Crippen molar-refractivity contribution in [1.29, 1.82) is 0 Å². The highest BCUT2D eigenvalue weighted by molar-refractivity contribution is 6.30. The second-order valence-electron chi connectivity index (χ2n) is 4.80. The lowest BCUT2D eigenvalue weighted by molar-refractivity contribution is -0.139. The quantitative estimate of drug-likeness (QED) is 0.872. The van der Waals surface area contributed by atoms with Crippen LogP contribution in [0.5, 0.6) is 0 Å². The van der Waals surface area contributed by atoms with E-state index in [1.165, 1.54) is 0 Å². The molecule has 0 bridgehead atoms. The number of carboxylic acids is 1. The summed E-state index contributed by atoms with van der Waals surface area (Å²) in [6.45, 7) is 0.701. The zero-order valence-electron chi connectivity index (χ0n) is 10.5. The molecular formula is C14H16ClNO3. The molecule has 1 amide bonds. The van der Waals surface area contributed by atoms with Crippen molar-refractivity contribution in [2.24, 2.45) is 5.92 Å². The molecule has 1 N–H and O–H groups in total. The molecule has 1 aliphatic rings. The molecule has 1 fully saturated rings. The molecule has 2 rings (SSSR count). The molecule has 102 valence electrons. The molecular weight excluding hydrogens is 266 g/mol. The summed E-state index contributed by atoms with van der Waals surface area (Å²) in [6.07, 6.45) is 1.82. The van der Waals surface area contributed by atoms with Crippen molar-refractivity contribution in [1.82, 2.24) is 4.90 Å². The first-order chi connectivity index (χ1) is 9.06. The van der Waals surface area contributed by atoms with Gasteiger partial charge in [-0.05, 0) is 30.5 Å². The van der Waals surface area contributed by atoms with Crippen LogP contribution in [0.3, 0.4) is 0 Å². The summed E-state index contributed by atoms with van der Waals surface area (Å²) in [7, 11) is 0. The number of hydrogen-bond donors (Lipinski definition) is 1. The van der Waals surface area contributed by atoms with Crippen molar-refractivity contribution in [3.63, 3.8) is 0 Å². The molecule has 5 heteroatoms. The van der Waals surface area contributed by atoms with Crippen LogP contribution in [0, 0.1) is 5.92 Å². The molecule has 0 radical (unpaired) electrons. The molecule has 0 heterocycles. The van der Waals surface area contributed by atoms with Crippen LogP contribution in [0.15, 0.2) is 24.3 Å². The Morgan fingerprint density at radius 2 is 1.89 bits per heavy atom. The van der Waals surface area contributed by atoms with E-state index in [0.717, 1.165) is 18.4 Å². The molecule has 0 atom stereocenters. The lowest BCUT2D eigenvalue weighted by Gasteiger charge is -2.22. The fourth-order valence-electron chi connectivity index (χ4n) is 1.90. The van der Waals surface area contributed by atoms with E-state index in [2.05, 4.69) is 0 Å². The first-order valence-corrected chi connectivity index (χ1v) is 6.69. The number of aliphatic carboxylic acids is 1. The Morgan fingerprint density at radius 1 is 1.26 bits per heavy atom. The van der Waals surface area contributed by atoms with Crippen molar-refractivity contribution in [3.8, 4) is 0 Å². The average molecular weight is 282 g/mol. The molecule has 4 nitrogen and oxygen atoms in total. The van der Waals surface area contributed by atoms with Gasteiger partial charge < -0.3 is 10.0 Å². The van der Waals surface area contributed by atoms with E-state index in [4.69, 9.17) is 16.7 Å². The molecule has 0 aliphatic heterocycles. The van der Waals surface area contributed by atoms with Gasteiger partial charge in [-0.25, -0.2) is 0 Å². The van der Waals surface area contributed by atoms with E-state index in [1.807, 2.05) is 12.1 Å². The number of amides is 1. The largest absolute Gasteiger partial charge is 0.481 e. The number of nitrogens with zero attached hydrogens (tertiary/aromatic N) is 1. The van der Waals surface area contributed by atoms with Gasteiger partial charge in [-0.2, -0.15) is 0 Å². The highest BCUT2D eigenvalue weighted by Crippen LogP contribution is 2.31. The van der Waals surface area contributed by atoms with E-state index in [0.29, 0.717) is 11.6 Å². The highest BCUT2D eigenvalue weighted by Gasteiger charge is 2.33. The monoisotopic (exact) mass is 281 g/mol. The number of rotatable bonds is 6. The minimum Gasteiger partial charge on any atom is -0.481 e. The minimum atomic E-state index is -0.885. The van der Waals surface area contributed by atoms with E-state index in [9.17, 15) is 9.59 Å². The van der Waals surface area contributed by atoms with E-state index in [-0.39, 0.29) is 24.8 Å². The first kappa shape index (κ1) is 13.9. The van der Waals surface area contributed by atoms with Gasteiger partial charge in [-0.1, -0.05) is 23.7 Å². The summed E-state index contributed by atoms with van der Waals surface area (Å²) >= 11 is 5.82. The van der Waals surface area contributed by atoms with E-state index >= 15 is 0 Å². The molecule has 1 aromatic carbocycles. The standard InChI is InChI=1S/C14H16ClNO3/c15-12-5-1-10(2-6-12)9-16(8-7-13(17)18)14(19)11-3-4-11/h1-2,5-6,11H,3-4,7-9H2,(H,17,18). The molecule has 0 aromatic heterocycles. The van der Waals surface area contributed by atoms with Gasteiger partial charge in [0.15, 0.2) is 0 Å². The molecule has 1 aromatic rings. The predicted molar refractivity (Wildman–Crippen MR) is 71.8 cm³/mol. The van der Waals surface area contributed by atoms with Gasteiger partial charge in [-0.15, -0.1) is 0 Å². The second kappa shape index (κ2) is 6.06. The summed E-state index contributed by atoms with van der Waals surface area (Å²) in [5, 5.41) is 9.39. The summed E-state index contributed by atoms with van der Waals surface area (Å²) in [4.78, 5) is 24.4. The van der Waals surface area contributed by atoms with Crippen LogP contribution < -0.4 is 0 Å². The van der Waals surface area contributed by atoms with Crippen molar-refractivity contribution in [3.05, 3.63) is 34.9 Å². The normalized spacial score (nSPS) is 14.2. The third kappa shape index (κ3) is 4.24. The average Bonchev–Trinajstić information content (AvgIpc) is 3.20. The minimum absolute atomic E-state index is 0.0218. The maximum absolute atomic E-state index is 12.1. The topological polar surface area (TPSA) is 57.6 Å². The lowest BCUT2D eigenvalue weighted by Crippen LogP contribution is -2.33. The van der Waals surface area contributed by atoms with Gasteiger partial charge in [-0.3, -0.25) is 9.59 Å². The van der Waals surface area contributed by atoms with Crippen LogP contribution in [0.1, 0.15) is 24.8 Å². The Morgan fingerprint density at radius 3 is 2.42 bits per heavy atom. The summed E-state index contributed by atoms with van der Waals surface area (Å²) in [6, 6.07) is 7.26. The molecule has 0 saturated heterocycles. The van der Waals surface area contributed by atoms with Crippen molar-refractivity contribution in [2.75, 3.05) is 6.54 Å². The van der Waals surface area contributed by atoms with Crippen LogP contribution >= 0.6 is 11.6 Å². The number of carbonyl (C=O) groups is 2. The Bertz CT molecular complexity index is 468. The lowest BCUT2D eigenvalue weighted by atomic mass is 10.2. The van der Waals surface area contributed by atoms with E-state index in [1.54, 1.807) is 17.0 Å². The van der Waals surface area contributed by atoms with Crippen LogP contribution in [0.2, 0.25) is 5.02 Å². The van der Waals surface area contributed by atoms with Crippen LogP contribution in [-0.2, 0) is 16.1 Å². The number of hydrogen-bond acceptors (Lipinski definition) is 2. The van der Waals surface area contributed by atoms with Gasteiger partial charge in [0.2, 0.25) is 5.91 Å². The number of carboxylic acid groups (broad SMARTS) is 1. The molecule has 0 unspecified atom stereocenters. The number of halogens is 1. The van der Waals surface area contributed by atoms with Gasteiger partial charge in [0.1, 0.15) is 0 Å². The Kier molecular flexibility index (Phi) is 4.43. The maximum atomic E-state index is 12.1. The SMILES string of the molecule is O=C(O)CCN(Cc1ccc(Cl)cc1)C(=O)C1CC1. The van der Waals surface area contributed by atoms with Gasteiger partial charge in [0.25, 0.3) is 0 Å².